The molecule has 3 heterocycles. The Morgan fingerprint density at radius 3 is 0.892 bits per heavy atom. The Hall–Kier alpha value is -8.34. The van der Waals surface area contributed by atoms with E-state index in [1.165, 1.54) is 93.6 Å². The maximum Gasteiger partial charge on any atom is 0.338 e. The summed E-state index contributed by atoms with van der Waals surface area (Å²) >= 11 is 6.04. The number of ether oxygens (including phenoxy) is 12. The van der Waals surface area contributed by atoms with Gasteiger partial charge in [0.2, 0.25) is 0 Å². The summed E-state index contributed by atoms with van der Waals surface area (Å²) in [7, 11) is 0. The summed E-state index contributed by atoms with van der Waals surface area (Å²) in [4.78, 5) is 98.2. The van der Waals surface area contributed by atoms with Gasteiger partial charge in [-0.1, -0.05) is 109 Å². The molecule has 0 saturated carbocycles. The monoisotopic (exact) mass is 1160 g/mol. The summed E-state index contributed by atoms with van der Waals surface area (Å²) in [6.07, 6.45) is -25.4. The van der Waals surface area contributed by atoms with E-state index in [0.29, 0.717) is 0 Å². The van der Waals surface area contributed by atoms with Crippen LogP contribution >= 0.6 is 11.6 Å². The van der Waals surface area contributed by atoms with Crippen molar-refractivity contribution in [3.8, 4) is 0 Å². The molecule has 9 rings (SSSR count). The van der Waals surface area contributed by atoms with Gasteiger partial charge in [0.15, 0.2) is 67.7 Å². The molecule has 21 heteroatoms. The number of hydrogen-bond donors (Lipinski definition) is 1. The predicted molar refractivity (Wildman–Crippen MR) is 289 cm³/mol. The minimum absolute atomic E-state index is 0.00722. The number of esters is 7. The fourth-order valence-corrected chi connectivity index (χ4v) is 9.61. The highest BCUT2D eigenvalue weighted by Gasteiger charge is 2.59. The van der Waals surface area contributed by atoms with Crippen LogP contribution in [0.4, 0.5) is 0 Å². The van der Waals surface area contributed by atoms with Crippen LogP contribution in [0.25, 0.3) is 0 Å². The van der Waals surface area contributed by atoms with Gasteiger partial charge in [0, 0.05) is 0 Å². The van der Waals surface area contributed by atoms with Crippen molar-refractivity contribution in [3.05, 3.63) is 215 Å². The second kappa shape index (κ2) is 27.6. The number of carbonyl (C=O) groups is 7. The summed E-state index contributed by atoms with van der Waals surface area (Å²) in [6, 6.07) is 46.7. The third kappa shape index (κ3) is 14.5. The maximum absolute atomic E-state index is 14.6. The topological polar surface area (TPSA) is 250 Å². The molecule has 0 amide bonds. The van der Waals surface area contributed by atoms with Crippen molar-refractivity contribution in [2.24, 2.45) is 0 Å². The van der Waals surface area contributed by atoms with E-state index in [9.17, 15) is 38.7 Å². The van der Waals surface area contributed by atoms with Crippen LogP contribution in [0.15, 0.2) is 182 Å². The zero-order valence-electron chi connectivity index (χ0n) is 44.8. The molecule has 20 nitrogen and oxygen atoms in total. The number of hydrogen-bond acceptors (Lipinski definition) is 20. The molecule has 3 aliphatic heterocycles. The molecule has 0 radical (unpaired) electrons. The molecule has 6 aromatic rings. The minimum Gasteiger partial charge on any atom is -0.453 e. The Morgan fingerprint density at radius 1 is 0.337 bits per heavy atom. The van der Waals surface area contributed by atoms with E-state index in [4.69, 9.17) is 68.4 Å². The first-order valence-electron chi connectivity index (χ1n) is 26.4. The first-order chi connectivity index (χ1) is 40.2. The molecule has 0 unspecified atom stereocenters. The summed E-state index contributed by atoms with van der Waals surface area (Å²) in [5, 5.41) is 12.0. The maximum atomic E-state index is 14.6. The van der Waals surface area contributed by atoms with Crippen molar-refractivity contribution in [3.63, 3.8) is 0 Å². The van der Waals surface area contributed by atoms with Crippen molar-refractivity contribution >= 4 is 53.4 Å². The lowest BCUT2D eigenvalue weighted by Crippen LogP contribution is -2.67. The fourth-order valence-electron chi connectivity index (χ4n) is 9.55. The van der Waals surface area contributed by atoms with Crippen molar-refractivity contribution < 1.29 is 95.5 Å². The highest BCUT2D eigenvalue weighted by Crippen LogP contribution is 2.39. The Balaban J connectivity index is 1.16. The van der Waals surface area contributed by atoms with Gasteiger partial charge in [-0.3, -0.25) is 4.79 Å². The summed E-state index contributed by atoms with van der Waals surface area (Å²) < 4.78 is 75.4. The van der Waals surface area contributed by atoms with Gasteiger partial charge in [-0.05, 0) is 93.6 Å². The van der Waals surface area contributed by atoms with Crippen molar-refractivity contribution in [1.82, 2.24) is 0 Å². The number of halogens is 1. The SMILES string of the molecule is C[C@@H]1O[C@@H](O)[C@H](O[C@@H]2O[C@@H](C)[C@H](OC(=O)c3ccccc3)[C@@H](O[C@@H]3O[C@@H](C)[C@H](OC(=O)c4ccccc4)[C@H](OC(=O)CCl)[C@H]3OC(=O)c3ccccc3)[C@H]2OC(=O)c2ccccc2)[C@H](OC(=O)c2ccccc2)[C@H]1OC(=O)c1ccccc1. The standard InChI is InChI=1S/C62H57ClO20/c1-35-45(76-54(65)38-22-10-4-11-23-38)48(79-57(68)41-28-16-7-17-29-41)51(60(71)72-35)83-62-53(81-59(70)43-32-20-9-21-33-43)50(47(37(3)74-62)78-56(67)40-26-14-6-15-27-40)82-61-52(80-58(69)42-30-18-8-19-31-42)49(75-44(64)34-63)46(36(2)73-61)77-55(66)39-24-12-5-13-25-39/h4-33,35-37,45-53,60-62,71H,34H2,1-3H3/t35-,36-,37-,45-,46-,47-,48+,49-,50+,51+,52+,53+,60+,61-,62-/m0/s1. The van der Waals surface area contributed by atoms with Crippen LogP contribution in [-0.2, 0) is 61.6 Å². The van der Waals surface area contributed by atoms with Crippen molar-refractivity contribution in [2.75, 3.05) is 5.88 Å². The molecule has 3 saturated heterocycles. The first kappa shape index (κ1) is 59.3. The van der Waals surface area contributed by atoms with Crippen LogP contribution in [0.1, 0.15) is 82.9 Å². The van der Waals surface area contributed by atoms with Gasteiger partial charge in [-0.15, -0.1) is 11.6 Å². The largest absolute Gasteiger partial charge is 0.453 e. The molecule has 1 N–H and O–H groups in total. The highest BCUT2D eigenvalue weighted by molar-refractivity contribution is 6.26. The number of aliphatic hydroxyl groups excluding tert-OH is 1. The number of aliphatic hydroxyl groups is 1. The fraction of sp³-hybridized carbons (Fsp3) is 0.306. The van der Waals surface area contributed by atoms with E-state index in [0.717, 1.165) is 0 Å². The van der Waals surface area contributed by atoms with Crippen LogP contribution in [0.5, 0.6) is 0 Å². The van der Waals surface area contributed by atoms with Crippen molar-refractivity contribution in [1.29, 1.82) is 0 Å². The molecule has 0 bridgehead atoms. The van der Waals surface area contributed by atoms with Crippen LogP contribution in [0.2, 0.25) is 0 Å². The second-order valence-electron chi connectivity index (χ2n) is 19.4. The second-order valence-corrected chi connectivity index (χ2v) is 19.6. The molecule has 3 aliphatic rings. The summed E-state index contributed by atoms with van der Waals surface area (Å²) in [5.74, 6) is -7.35. The smallest absolute Gasteiger partial charge is 0.338 e. The number of rotatable bonds is 18. The van der Waals surface area contributed by atoms with Crippen molar-refractivity contribution in [2.45, 2.75) is 113 Å². The Morgan fingerprint density at radius 2 is 0.578 bits per heavy atom. The number of benzene rings is 6. The molecule has 15 atom stereocenters. The Kier molecular flexibility index (Phi) is 19.7. The average Bonchev–Trinajstić information content (AvgIpc) is 2.81. The van der Waals surface area contributed by atoms with Crippen LogP contribution < -0.4 is 0 Å². The van der Waals surface area contributed by atoms with Gasteiger partial charge >= 0.3 is 41.8 Å². The van der Waals surface area contributed by atoms with E-state index in [1.807, 2.05) is 0 Å². The molecule has 6 aromatic carbocycles. The number of carbonyl (C=O) groups excluding carboxylic acids is 7. The lowest BCUT2D eigenvalue weighted by atomic mass is 9.95. The normalized spacial score (nSPS) is 27.6. The van der Waals surface area contributed by atoms with Crippen LogP contribution in [0.3, 0.4) is 0 Å². The van der Waals surface area contributed by atoms with Gasteiger partial charge < -0.3 is 61.9 Å². The minimum atomic E-state index is -2.00. The third-order valence-corrected chi connectivity index (χ3v) is 13.9. The van der Waals surface area contributed by atoms with Gasteiger partial charge in [0.1, 0.15) is 12.0 Å². The van der Waals surface area contributed by atoms with Crippen LogP contribution in [0, 0.1) is 0 Å². The Bertz CT molecular complexity index is 3160. The molecule has 0 aromatic heterocycles. The van der Waals surface area contributed by atoms with E-state index < -0.39 is 140 Å². The molecule has 83 heavy (non-hydrogen) atoms. The van der Waals surface area contributed by atoms with E-state index in [1.54, 1.807) is 109 Å². The molecular formula is C62H57ClO20. The molecule has 0 aliphatic carbocycles. The lowest BCUT2D eigenvalue weighted by Gasteiger charge is -2.49. The third-order valence-electron chi connectivity index (χ3n) is 13.7. The average molecular weight is 1160 g/mol. The molecule has 3 fully saturated rings. The molecule has 432 valence electrons. The lowest BCUT2D eigenvalue weighted by molar-refractivity contribution is -0.375. The number of alkyl halides is 1. The Labute approximate surface area is 481 Å². The highest BCUT2D eigenvalue weighted by atomic mass is 35.5. The van der Waals surface area contributed by atoms with Gasteiger partial charge in [0.25, 0.3) is 0 Å². The summed E-state index contributed by atoms with van der Waals surface area (Å²) in [5.41, 5.74) is 0.370. The quantitative estimate of drug-likeness (QED) is 0.0497. The van der Waals surface area contributed by atoms with Gasteiger partial charge in [0.05, 0.1) is 51.7 Å². The first-order valence-corrected chi connectivity index (χ1v) is 27.0. The van der Waals surface area contributed by atoms with Gasteiger partial charge in [-0.25, -0.2) is 28.8 Å². The molecular weight excluding hydrogens is 1100 g/mol. The van der Waals surface area contributed by atoms with E-state index >= 15 is 0 Å². The zero-order valence-corrected chi connectivity index (χ0v) is 45.5. The van der Waals surface area contributed by atoms with E-state index in [2.05, 4.69) is 0 Å². The molecule has 0 spiro atoms. The van der Waals surface area contributed by atoms with E-state index in [-0.39, 0.29) is 33.4 Å². The zero-order chi connectivity index (χ0) is 58.6. The van der Waals surface area contributed by atoms with Gasteiger partial charge in [-0.2, -0.15) is 0 Å². The predicted octanol–water partition coefficient (Wildman–Crippen LogP) is 7.49. The van der Waals surface area contributed by atoms with Crippen LogP contribution in [-0.4, -0.2) is 145 Å². The summed E-state index contributed by atoms with van der Waals surface area (Å²) in [6.45, 7) is 4.39.